The van der Waals surface area contributed by atoms with Gasteiger partial charge in [0.25, 0.3) is 5.91 Å². The first-order valence-corrected chi connectivity index (χ1v) is 7.84. The van der Waals surface area contributed by atoms with Gasteiger partial charge in [-0.25, -0.2) is 4.98 Å². The molecule has 2 aliphatic rings. The van der Waals surface area contributed by atoms with Gasteiger partial charge in [0.05, 0.1) is 6.04 Å². The van der Waals surface area contributed by atoms with Crippen molar-refractivity contribution in [2.45, 2.75) is 32.4 Å². The van der Waals surface area contributed by atoms with Gasteiger partial charge in [-0.3, -0.25) is 9.69 Å². The van der Waals surface area contributed by atoms with E-state index in [2.05, 4.69) is 28.7 Å². The molecule has 6 heteroatoms. The van der Waals surface area contributed by atoms with Crippen LogP contribution in [0.3, 0.4) is 0 Å². The molecule has 116 valence electrons. The maximum Gasteiger partial charge on any atom is 0.252 e. The van der Waals surface area contributed by atoms with E-state index in [0.29, 0.717) is 19.1 Å². The minimum Gasteiger partial charge on any atom is -0.368 e. The Kier molecular flexibility index (Phi) is 4.26. The lowest BCUT2D eigenvalue weighted by Crippen LogP contribution is -2.53. The van der Waals surface area contributed by atoms with Gasteiger partial charge in [0.15, 0.2) is 0 Å². The van der Waals surface area contributed by atoms with Crippen LogP contribution in [0.5, 0.6) is 0 Å². The largest absolute Gasteiger partial charge is 0.368 e. The van der Waals surface area contributed by atoms with Crippen LogP contribution in [0.1, 0.15) is 32.1 Å². The molecule has 0 saturated carbocycles. The van der Waals surface area contributed by atoms with Gasteiger partial charge < -0.3 is 14.6 Å². The van der Waals surface area contributed by atoms with Crippen LogP contribution in [0.15, 0.2) is 12.4 Å². The second-order valence-corrected chi connectivity index (χ2v) is 5.96. The average molecular weight is 292 g/mol. The third-order valence-corrected chi connectivity index (χ3v) is 4.67. The van der Waals surface area contributed by atoms with Crippen molar-refractivity contribution in [1.29, 1.82) is 0 Å². The summed E-state index contributed by atoms with van der Waals surface area (Å²) in [6.07, 6.45) is 4.33. The Hall–Kier alpha value is -1.40. The van der Waals surface area contributed by atoms with Gasteiger partial charge in [0.1, 0.15) is 11.9 Å². The Balaban J connectivity index is 1.72. The van der Waals surface area contributed by atoms with E-state index in [1.165, 1.54) is 0 Å². The van der Waals surface area contributed by atoms with Crippen molar-refractivity contribution in [3.8, 4) is 0 Å². The zero-order valence-corrected chi connectivity index (χ0v) is 12.8. The molecule has 2 fully saturated rings. The van der Waals surface area contributed by atoms with Crippen molar-refractivity contribution in [1.82, 2.24) is 19.8 Å². The number of amides is 1. The lowest BCUT2D eigenvalue weighted by molar-refractivity contribution is -0.145. The zero-order chi connectivity index (χ0) is 14.8. The molecular weight excluding hydrogens is 268 g/mol. The second-order valence-electron chi connectivity index (χ2n) is 5.96. The van der Waals surface area contributed by atoms with Gasteiger partial charge in [0, 0.05) is 38.6 Å². The molecule has 0 aromatic carbocycles. The highest BCUT2D eigenvalue weighted by Gasteiger charge is 2.38. The van der Waals surface area contributed by atoms with Crippen LogP contribution < -0.4 is 0 Å². The molecule has 1 aromatic rings. The number of nitrogens with zero attached hydrogens (tertiary/aromatic N) is 3. The third kappa shape index (κ3) is 2.82. The summed E-state index contributed by atoms with van der Waals surface area (Å²) in [7, 11) is 0. The molecule has 21 heavy (non-hydrogen) atoms. The summed E-state index contributed by atoms with van der Waals surface area (Å²) in [5.41, 5.74) is 0. The molecule has 0 bridgehead atoms. The van der Waals surface area contributed by atoms with E-state index in [9.17, 15) is 4.79 Å². The van der Waals surface area contributed by atoms with Crippen molar-refractivity contribution in [3.05, 3.63) is 18.2 Å². The Labute approximate surface area is 125 Å². The van der Waals surface area contributed by atoms with Gasteiger partial charge in [-0.05, 0) is 18.9 Å². The minimum atomic E-state index is -0.254. The zero-order valence-electron chi connectivity index (χ0n) is 12.8. The van der Waals surface area contributed by atoms with Gasteiger partial charge >= 0.3 is 0 Å². The number of rotatable bonds is 3. The van der Waals surface area contributed by atoms with Crippen LogP contribution in [0.2, 0.25) is 0 Å². The first-order valence-electron chi connectivity index (χ1n) is 7.84. The number of hydrogen-bond donors (Lipinski definition) is 1. The monoisotopic (exact) mass is 292 g/mol. The molecule has 3 rings (SSSR count). The number of aromatic amines is 1. The number of carbonyl (C=O) groups excluding carboxylic acids is 1. The fraction of sp³-hybridized carbons (Fsp3) is 0.733. The smallest absolute Gasteiger partial charge is 0.252 e. The molecule has 0 aliphatic carbocycles. The van der Waals surface area contributed by atoms with E-state index >= 15 is 0 Å². The Morgan fingerprint density at radius 1 is 1.52 bits per heavy atom. The normalized spacial score (nSPS) is 30.8. The van der Waals surface area contributed by atoms with Crippen molar-refractivity contribution in [3.63, 3.8) is 0 Å². The number of hydrogen-bond acceptors (Lipinski definition) is 4. The topological polar surface area (TPSA) is 61.5 Å². The Morgan fingerprint density at radius 2 is 2.38 bits per heavy atom. The Morgan fingerprint density at radius 3 is 3.00 bits per heavy atom. The second kappa shape index (κ2) is 6.15. The highest BCUT2D eigenvalue weighted by molar-refractivity contribution is 5.81. The van der Waals surface area contributed by atoms with E-state index in [4.69, 9.17) is 4.74 Å². The third-order valence-electron chi connectivity index (χ3n) is 4.67. The highest BCUT2D eigenvalue weighted by Crippen LogP contribution is 2.26. The number of likely N-dealkylation sites (N-methyl/N-ethyl adjacent to an activating group) is 1. The number of piperazine rings is 1. The summed E-state index contributed by atoms with van der Waals surface area (Å²) >= 11 is 0. The number of H-pyrrole nitrogens is 1. The van der Waals surface area contributed by atoms with E-state index < -0.39 is 0 Å². The van der Waals surface area contributed by atoms with E-state index in [1.54, 1.807) is 6.20 Å². The molecule has 3 unspecified atom stereocenters. The van der Waals surface area contributed by atoms with Gasteiger partial charge in [-0.1, -0.05) is 13.8 Å². The molecule has 2 saturated heterocycles. The Bertz CT molecular complexity index is 476. The van der Waals surface area contributed by atoms with E-state index in [-0.39, 0.29) is 18.1 Å². The number of carbonyl (C=O) groups is 1. The summed E-state index contributed by atoms with van der Waals surface area (Å²) in [6, 6.07) is 0.152. The first-order chi connectivity index (χ1) is 10.2. The lowest BCUT2D eigenvalue weighted by atomic mass is 10.0. The molecule has 0 radical (unpaired) electrons. The summed E-state index contributed by atoms with van der Waals surface area (Å²) in [5, 5.41) is 0. The van der Waals surface area contributed by atoms with Crippen LogP contribution in [-0.2, 0) is 9.53 Å². The fourth-order valence-corrected chi connectivity index (χ4v) is 3.31. The van der Waals surface area contributed by atoms with Gasteiger partial charge in [-0.2, -0.15) is 0 Å². The molecule has 1 N–H and O–H groups in total. The van der Waals surface area contributed by atoms with Crippen molar-refractivity contribution in [2.24, 2.45) is 5.92 Å². The summed E-state index contributed by atoms with van der Waals surface area (Å²) in [5.74, 6) is 1.41. The minimum absolute atomic E-state index is 0.146. The molecule has 6 nitrogen and oxygen atoms in total. The quantitative estimate of drug-likeness (QED) is 0.904. The van der Waals surface area contributed by atoms with Crippen LogP contribution in [0.4, 0.5) is 0 Å². The van der Waals surface area contributed by atoms with Gasteiger partial charge in [0.2, 0.25) is 0 Å². The molecule has 0 spiro atoms. The molecule has 1 aromatic heterocycles. The molecule has 3 atom stereocenters. The van der Waals surface area contributed by atoms with Crippen LogP contribution in [0, 0.1) is 5.92 Å². The summed E-state index contributed by atoms with van der Waals surface area (Å²) < 4.78 is 5.63. The number of ether oxygens (including phenoxy) is 1. The van der Waals surface area contributed by atoms with Crippen molar-refractivity contribution in [2.75, 3.05) is 32.8 Å². The predicted octanol–water partition coefficient (Wildman–Crippen LogP) is 1.04. The summed E-state index contributed by atoms with van der Waals surface area (Å²) in [6.45, 7) is 8.26. The lowest BCUT2D eigenvalue weighted by Gasteiger charge is -2.41. The predicted molar refractivity (Wildman–Crippen MR) is 78.7 cm³/mol. The van der Waals surface area contributed by atoms with E-state index in [0.717, 1.165) is 31.9 Å². The van der Waals surface area contributed by atoms with Crippen LogP contribution in [0.25, 0.3) is 0 Å². The molecule has 1 amide bonds. The number of nitrogens with one attached hydrogen (secondary N) is 1. The fourth-order valence-electron chi connectivity index (χ4n) is 3.31. The average Bonchev–Trinajstić information content (AvgIpc) is 3.17. The molecule has 3 heterocycles. The number of imidazole rings is 1. The van der Waals surface area contributed by atoms with Crippen molar-refractivity contribution < 1.29 is 9.53 Å². The van der Waals surface area contributed by atoms with Crippen LogP contribution >= 0.6 is 0 Å². The maximum absolute atomic E-state index is 12.7. The van der Waals surface area contributed by atoms with Crippen LogP contribution in [-0.4, -0.2) is 64.6 Å². The SMILES string of the molecule is CCN1CCN(C(=O)C2OCCC2C)CC1c1ncc[nH]1. The number of aromatic nitrogens is 2. The first kappa shape index (κ1) is 14.5. The van der Waals surface area contributed by atoms with Gasteiger partial charge in [-0.15, -0.1) is 0 Å². The summed E-state index contributed by atoms with van der Waals surface area (Å²) in [4.78, 5) is 24.6. The van der Waals surface area contributed by atoms with E-state index in [1.807, 2.05) is 11.1 Å². The highest BCUT2D eigenvalue weighted by atomic mass is 16.5. The van der Waals surface area contributed by atoms with Crippen molar-refractivity contribution >= 4 is 5.91 Å². The standard InChI is InChI=1S/C15H24N4O2/c1-3-18-7-8-19(10-12(18)14-16-5-6-17-14)15(20)13-11(2)4-9-21-13/h5-6,11-13H,3-4,7-10H2,1-2H3,(H,16,17). The molecular formula is C15H24N4O2. The maximum atomic E-state index is 12.7. The molecule has 2 aliphatic heterocycles.